The monoisotopic (exact) mass is 285 g/mol. The average Bonchev–Trinajstić information content (AvgIpc) is 2.45. The molecule has 0 saturated heterocycles. The van der Waals surface area contributed by atoms with E-state index in [4.69, 9.17) is 4.74 Å². The van der Waals surface area contributed by atoms with Crippen LogP contribution in [0.3, 0.4) is 0 Å². The maximum atomic E-state index is 9.52. The van der Waals surface area contributed by atoms with Gasteiger partial charge in [-0.3, -0.25) is 4.99 Å². The molecule has 1 aliphatic carbocycles. The van der Waals surface area contributed by atoms with Crippen LogP contribution in [-0.2, 0) is 4.74 Å². The Morgan fingerprint density at radius 3 is 2.60 bits per heavy atom. The molecule has 0 aromatic rings. The fraction of sp³-hybridized carbons (Fsp3) is 0.933. The van der Waals surface area contributed by atoms with Gasteiger partial charge in [-0.05, 0) is 51.9 Å². The number of nitrogens with zero attached hydrogens (tertiary/aromatic N) is 1. The van der Waals surface area contributed by atoms with Crippen molar-refractivity contribution in [1.29, 1.82) is 0 Å². The van der Waals surface area contributed by atoms with E-state index in [9.17, 15) is 5.11 Å². The third-order valence-corrected chi connectivity index (χ3v) is 3.66. The van der Waals surface area contributed by atoms with Gasteiger partial charge < -0.3 is 20.5 Å². The number of aliphatic hydroxyl groups is 1. The van der Waals surface area contributed by atoms with Crippen LogP contribution in [0.5, 0.6) is 0 Å². The van der Waals surface area contributed by atoms with Crippen LogP contribution in [0, 0.1) is 0 Å². The zero-order chi connectivity index (χ0) is 14.6. The number of nitrogens with one attached hydrogen (secondary N) is 2. The molecule has 0 aromatic carbocycles. The first-order chi connectivity index (χ1) is 9.76. The van der Waals surface area contributed by atoms with E-state index in [0.29, 0.717) is 6.04 Å². The predicted octanol–water partition coefficient (Wildman–Crippen LogP) is 1.66. The van der Waals surface area contributed by atoms with Crippen LogP contribution in [0.4, 0.5) is 0 Å². The van der Waals surface area contributed by atoms with Gasteiger partial charge in [-0.1, -0.05) is 0 Å². The van der Waals surface area contributed by atoms with Gasteiger partial charge in [0.05, 0.1) is 6.10 Å². The standard InChI is InChI=1S/C15H31N3O2/c1-3-16-15(17-11-5-4-6-12-20-2)18-13-7-9-14(19)10-8-13/h13-14,19H,3-12H2,1-2H3,(H2,16,17,18). The molecule has 118 valence electrons. The van der Waals surface area contributed by atoms with Gasteiger partial charge >= 0.3 is 0 Å². The molecule has 0 amide bonds. The van der Waals surface area contributed by atoms with E-state index in [2.05, 4.69) is 22.5 Å². The minimum atomic E-state index is -0.103. The van der Waals surface area contributed by atoms with Crippen LogP contribution < -0.4 is 10.6 Å². The number of ether oxygens (including phenoxy) is 1. The fourth-order valence-electron chi connectivity index (χ4n) is 2.46. The molecule has 5 nitrogen and oxygen atoms in total. The molecular weight excluding hydrogens is 254 g/mol. The maximum Gasteiger partial charge on any atom is 0.191 e. The van der Waals surface area contributed by atoms with Gasteiger partial charge in [0.2, 0.25) is 0 Å². The third kappa shape index (κ3) is 7.70. The Morgan fingerprint density at radius 2 is 1.95 bits per heavy atom. The smallest absolute Gasteiger partial charge is 0.191 e. The summed E-state index contributed by atoms with van der Waals surface area (Å²) in [4.78, 5) is 4.62. The van der Waals surface area contributed by atoms with E-state index in [-0.39, 0.29) is 6.10 Å². The second-order valence-electron chi connectivity index (χ2n) is 5.46. The van der Waals surface area contributed by atoms with Crippen LogP contribution in [-0.4, -0.2) is 50.0 Å². The van der Waals surface area contributed by atoms with E-state index in [1.807, 2.05) is 0 Å². The zero-order valence-corrected chi connectivity index (χ0v) is 13.0. The van der Waals surface area contributed by atoms with Crippen LogP contribution in [0.1, 0.15) is 51.9 Å². The SMILES string of the molecule is CCNC(=NCCCCCOC)NC1CCC(O)CC1. The summed E-state index contributed by atoms with van der Waals surface area (Å²) >= 11 is 0. The van der Waals surface area contributed by atoms with E-state index in [1.54, 1.807) is 7.11 Å². The van der Waals surface area contributed by atoms with Crippen molar-refractivity contribution in [2.75, 3.05) is 26.8 Å². The second-order valence-corrected chi connectivity index (χ2v) is 5.46. The molecule has 0 atom stereocenters. The third-order valence-electron chi connectivity index (χ3n) is 3.66. The lowest BCUT2D eigenvalue weighted by molar-refractivity contribution is 0.120. The first-order valence-electron chi connectivity index (χ1n) is 7.98. The number of methoxy groups -OCH3 is 1. The van der Waals surface area contributed by atoms with Crippen molar-refractivity contribution < 1.29 is 9.84 Å². The first kappa shape index (κ1) is 17.2. The largest absolute Gasteiger partial charge is 0.393 e. The number of rotatable bonds is 8. The van der Waals surface area contributed by atoms with Gasteiger partial charge in [-0.2, -0.15) is 0 Å². The minimum Gasteiger partial charge on any atom is -0.393 e. The highest BCUT2D eigenvalue weighted by Gasteiger charge is 2.19. The highest BCUT2D eigenvalue weighted by molar-refractivity contribution is 5.80. The number of aliphatic hydroxyl groups excluding tert-OH is 1. The summed E-state index contributed by atoms with van der Waals surface area (Å²) in [7, 11) is 1.74. The van der Waals surface area contributed by atoms with Crippen molar-refractivity contribution in [3.8, 4) is 0 Å². The summed E-state index contributed by atoms with van der Waals surface area (Å²) in [5, 5.41) is 16.3. The quantitative estimate of drug-likeness (QED) is 0.360. The molecule has 0 spiro atoms. The van der Waals surface area contributed by atoms with Crippen molar-refractivity contribution in [3.63, 3.8) is 0 Å². The molecule has 0 radical (unpaired) electrons. The Morgan fingerprint density at radius 1 is 1.20 bits per heavy atom. The van der Waals surface area contributed by atoms with Crippen molar-refractivity contribution in [2.45, 2.75) is 64.0 Å². The number of unbranched alkanes of at least 4 members (excludes halogenated alkanes) is 2. The van der Waals surface area contributed by atoms with Crippen LogP contribution in [0.15, 0.2) is 4.99 Å². The Balaban J connectivity index is 2.24. The Hall–Kier alpha value is -0.810. The van der Waals surface area contributed by atoms with Crippen molar-refractivity contribution in [3.05, 3.63) is 0 Å². The molecule has 5 heteroatoms. The van der Waals surface area contributed by atoms with E-state index in [1.165, 1.54) is 0 Å². The molecule has 3 N–H and O–H groups in total. The van der Waals surface area contributed by atoms with Crippen molar-refractivity contribution >= 4 is 5.96 Å². The highest BCUT2D eigenvalue weighted by atomic mass is 16.5. The molecule has 1 saturated carbocycles. The predicted molar refractivity (Wildman–Crippen MR) is 83.1 cm³/mol. The summed E-state index contributed by atoms with van der Waals surface area (Å²) in [5.41, 5.74) is 0. The molecule has 0 bridgehead atoms. The van der Waals surface area contributed by atoms with E-state index >= 15 is 0 Å². The number of hydrogen-bond donors (Lipinski definition) is 3. The first-order valence-corrected chi connectivity index (χ1v) is 7.98. The normalized spacial score (nSPS) is 23.6. The zero-order valence-electron chi connectivity index (χ0n) is 13.0. The van der Waals surface area contributed by atoms with Gasteiger partial charge in [0, 0.05) is 32.8 Å². The van der Waals surface area contributed by atoms with Crippen LogP contribution in [0.2, 0.25) is 0 Å². The summed E-state index contributed by atoms with van der Waals surface area (Å²) < 4.78 is 5.04. The second kappa shape index (κ2) is 10.9. The minimum absolute atomic E-state index is 0.103. The van der Waals surface area contributed by atoms with E-state index in [0.717, 1.165) is 70.6 Å². The lowest BCUT2D eigenvalue weighted by Crippen LogP contribution is -2.45. The van der Waals surface area contributed by atoms with Crippen LogP contribution in [0.25, 0.3) is 0 Å². The molecule has 1 fully saturated rings. The Bertz CT molecular complexity index is 264. The molecule has 0 aliphatic heterocycles. The van der Waals surface area contributed by atoms with Crippen molar-refractivity contribution in [1.82, 2.24) is 10.6 Å². The molecule has 0 heterocycles. The molecule has 1 aliphatic rings. The lowest BCUT2D eigenvalue weighted by Gasteiger charge is -2.27. The molecule has 1 rings (SSSR count). The fourth-order valence-corrected chi connectivity index (χ4v) is 2.46. The summed E-state index contributed by atoms with van der Waals surface area (Å²) in [6.45, 7) is 4.66. The lowest BCUT2D eigenvalue weighted by atomic mass is 9.93. The number of guanidine groups is 1. The molecular formula is C15H31N3O2. The van der Waals surface area contributed by atoms with Gasteiger partial charge in [-0.15, -0.1) is 0 Å². The van der Waals surface area contributed by atoms with Gasteiger partial charge in [-0.25, -0.2) is 0 Å². The molecule has 0 unspecified atom stereocenters. The van der Waals surface area contributed by atoms with Gasteiger partial charge in [0.1, 0.15) is 0 Å². The Labute approximate surface area is 123 Å². The van der Waals surface area contributed by atoms with Crippen molar-refractivity contribution in [2.24, 2.45) is 4.99 Å². The van der Waals surface area contributed by atoms with E-state index < -0.39 is 0 Å². The topological polar surface area (TPSA) is 65.9 Å². The van der Waals surface area contributed by atoms with Crippen LogP contribution >= 0.6 is 0 Å². The summed E-state index contributed by atoms with van der Waals surface area (Å²) in [6.07, 6.45) is 7.11. The Kier molecular flexibility index (Phi) is 9.41. The number of hydrogen-bond acceptors (Lipinski definition) is 3. The average molecular weight is 285 g/mol. The number of aliphatic imine (C=N–C) groups is 1. The summed E-state index contributed by atoms with van der Waals surface area (Å²) in [6, 6.07) is 0.449. The maximum absolute atomic E-state index is 9.52. The highest BCUT2D eigenvalue weighted by Crippen LogP contribution is 2.18. The van der Waals surface area contributed by atoms with Gasteiger partial charge in [0.25, 0.3) is 0 Å². The van der Waals surface area contributed by atoms with Gasteiger partial charge in [0.15, 0.2) is 5.96 Å². The molecule has 20 heavy (non-hydrogen) atoms. The summed E-state index contributed by atoms with van der Waals surface area (Å²) in [5.74, 6) is 0.917. The molecule has 0 aromatic heterocycles.